The fourth-order valence-electron chi connectivity index (χ4n) is 2.87. The van der Waals surface area contributed by atoms with Gasteiger partial charge in [-0.25, -0.2) is 14.8 Å². The topological polar surface area (TPSA) is 55.3 Å². The Labute approximate surface area is 124 Å². The van der Waals surface area contributed by atoms with E-state index >= 15 is 0 Å². The number of rotatable bonds is 5. The number of hydrogen-bond acceptors (Lipinski definition) is 5. The third-order valence-electron chi connectivity index (χ3n) is 3.79. The van der Waals surface area contributed by atoms with Gasteiger partial charge in [0.25, 0.3) is 0 Å². The molecule has 0 aliphatic heterocycles. The van der Waals surface area contributed by atoms with Gasteiger partial charge in [-0.05, 0) is 36.9 Å². The molecular formula is C14H20ClN3O2. The maximum Gasteiger partial charge on any atom is 0.328 e. The van der Waals surface area contributed by atoms with Crippen LogP contribution in [0.3, 0.4) is 0 Å². The highest BCUT2D eigenvalue weighted by molar-refractivity contribution is 6.28. The maximum absolute atomic E-state index is 12.1. The van der Waals surface area contributed by atoms with Crippen molar-refractivity contribution in [1.29, 1.82) is 0 Å². The van der Waals surface area contributed by atoms with E-state index in [9.17, 15) is 4.79 Å². The molecule has 0 aromatic carbocycles. The lowest BCUT2D eigenvalue weighted by Gasteiger charge is -2.35. The standard InChI is InChI=1S/C14H20ClN3O2/c1-3-11(13(19)20-2)18(10-6-4-5-7-10)12-8-9-16-14(15)17-12/h8-11H,3-7H2,1-2H3/t11-/m1/s1. The first-order valence-electron chi connectivity index (χ1n) is 7.02. The summed E-state index contributed by atoms with van der Waals surface area (Å²) in [6.07, 6.45) is 6.78. The Morgan fingerprint density at radius 1 is 1.55 bits per heavy atom. The molecule has 0 N–H and O–H groups in total. The number of esters is 1. The molecule has 5 nitrogen and oxygen atoms in total. The number of methoxy groups -OCH3 is 1. The van der Waals surface area contributed by atoms with Gasteiger partial charge in [-0.1, -0.05) is 19.8 Å². The van der Waals surface area contributed by atoms with E-state index in [-0.39, 0.29) is 17.3 Å². The summed E-state index contributed by atoms with van der Waals surface area (Å²) in [6.45, 7) is 1.98. The molecule has 6 heteroatoms. The number of aromatic nitrogens is 2. The predicted molar refractivity (Wildman–Crippen MR) is 77.9 cm³/mol. The van der Waals surface area contributed by atoms with Gasteiger partial charge in [-0.15, -0.1) is 0 Å². The number of ether oxygens (including phenoxy) is 1. The van der Waals surface area contributed by atoms with Crippen molar-refractivity contribution in [3.63, 3.8) is 0 Å². The van der Waals surface area contributed by atoms with Crippen LogP contribution in [0.5, 0.6) is 0 Å². The molecule has 110 valence electrons. The van der Waals surface area contributed by atoms with Crippen LogP contribution >= 0.6 is 11.6 Å². The van der Waals surface area contributed by atoms with Crippen LogP contribution in [0.1, 0.15) is 39.0 Å². The molecule has 1 aliphatic rings. The van der Waals surface area contributed by atoms with Gasteiger partial charge in [-0.3, -0.25) is 0 Å². The van der Waals surface area contributed by atoms with E-state index in [1.807, 2.05) is 6.92 Å². The zero-order chi connectivity index (χ0) is 14.5. The van der Waals surface area contributed by atoms with Crippen molar-refractivity contribution in [2.45, 2.75) is 51.1 Å². The first-order chi connectivity index (χ1) is 9.67. The Kier molecular flexibility index (Phi) is 5.17. The third kappa shape index (κ3) is 3.20. The minimum Gasteiger partial charge on any atom is -0.467 e. The molecule has 1 fully saturated rings. The van der Waals surface area contributed by atoms with Crippen molar-refractivity contribution in [3.05, 3.63) is 17.5 Å². The van der Waals surface area contributed by atoms with Crippen molar-refractivity contribution in [2.75, 3.05) is 12.0 Å². The third-order valence-corrected chi connectivity index (χ3v) is 3.97. The second-order valence-corrected chi connectivity index (χ2v) is 5.31. The fourth-order valence-corrected chi connectivity index (χ4v) is 3.01. The van der Waals surface area contributed by atoms with Crippen LogP contribution in [0, 0.1) is 0 Å². The highest BCUT2D eigenvalue weighted by Gasteiger charge is 2.33. The molecule has 1 aliphatic carbocycles. The van der Waals surface area contributed by atoms with Gasteiger partial charge in [0.2, 0.25) is 5.28 Å². The van der Waals surface area contributed by atoms with Crippen LogP contribution in [-0.4, -0.2) is 35.1 Å². The second kappa shape index (κ2) is 6.88. The average Bonchev–Trinajstić information content (AvgIpc) is 2.97. The summed E-state index contributed by atoms with van der Waals surface area (Å²) >= 11 is 5.89. The molecule has 0 saturated heterocycles. The molecule has 0 unspecified atom stereocenters. The highest BCUT2D eigenvalue weighted by atomic mass is 35.5. The number of halogens is 1. The lowest BCUT2D eigenvalue weighted by atomic mass is 10.1. The summed E-state index contributed by atoms with van der Waals surface area (Å²) in [7, 11) is 1.42. The molecular weight excluding hydrogens is 278 g/mol. The van der Waals surface area contributed by atoms with Crippen LogP contribution in [0.15, 0.2) is 12.3 Å². The van der Waals surface area contributed by atoms with Crippen LogP contribution in [0.2, 0.25) is 5.28 Å². The van der Waals surface area contributed by atoms with Crippen LogP contribution in [0.25, 0.3) is 0 Å². The number of hydrogen-bond donors (Lipinski definition) is 0. The minimum absolute atomic E-state index is 0.199. The van der Waals surface area contributed by atoms with Crippen LogP contribution in [-0.2, 0) is 9.53 Å². The smallest absolute Gasteiger partial charge is 0.328 e. The summed E-state index contributed by atoms with van der Waals surface area (Å²) < 4.78 is 4.94. The average molecular weight is 298 g/mol. The Hall–Kier alpha value is -1.36. The summed E-state index contributed by atoms with van der Waals surface area (Å²) in [5.41, 5.74) is 0. The number of carbonyl (C=O) groups is 1. The summed E-state index contributed by atoms with van der Waals surface area (Å²) in [5.74, 6) is 0.475. The van der Waals surface area contributed by atoms with E-state index in [2.05, 4.69) is 14.9 Å². The Morgan fingerprint density at radius 3 is 2.80 bits per heavy atom. The monoisotopic (exact) mass is 297 g/mol. The van der Waals surface area contributed by atoms with Crippen LogP contribution in [0.4, 0.5) is 5.82 Å². The quantitative estimate of drug-likeness (QED) is 0.618. The molecule has 1 aromatic rings. The molecule has 1 atom stereocenters. The first-order valence-corrected chi connectivity index (χ1v) is 7.40. The Morgan fingerprint density at radius 2 is 2.25 bits per heavy atom. The van der Waals surface area contributed by atoms with Gasteiger partial charge in [0.1, 0.15) is 11.9 Å². The number of carbonyl (C=O) groups excluding carboxylic acids is 1. The van der Waals surface area contributed by atoms with Gasteiger partial charge in [0, 0.05) is 12.2 Å². The van der Waals surface area contributed by atoms with Crippen molar-refractivity contribution in [3.8, 4) is 0 Å². The largest absolute Gasteiger partial charge is 0.467 e. The van der Waals surface area contributed by atoms with Gasteiger partial charge >= 0.3 is 5.97 Å². The molecule has 0 amide bonds. The predicted octanol–water partition coefficient (Wildman–Crippen LogP) is 2.83. The Balaban J connectivity index is 2.35. The summed E-state index contributed by atoms with van der Waals surface area (Å²) in [5, 5.41) is 0.199. The van der Waals surface area contributed by atoms with Crippen molar-refractivity contribution >= 4 is 23.4 Å². The molecule has 1 aromatic heterocycles. The molecule has 1 saturated carbocycles. The normalized spacial score (nSPS) is 16.9. The van der Waals surface area contributed by atoms with Gasteiger partial charge in [0.05, 0.1) is 7.11 Å². The highest BCUT2D eigenvalue weighted by Crippen LogP contribution is 2.30. The van der Waals surface area contributed by atoms with Gasteiger partial charge < -0.3 is 9.64 Å². The van der Waals surface area contributed by atoms with E-state index in [1.165, 1.54) is 20.0 Å². The molecule has 0 spiro atoms. The van der Waals surface area contributed by atoms with E-state index in [0.717, 1.165) is 12.8 Å². The molecule has 2 rings (SSSR count). The number of nitrogens with zero attached hydrogens (tertiary/aromatic N) is 3. The minimum atomic E-state index is -0.325. The lowest BCUT2D eigenvalue weighted by Crippen LogP contribution is -2.47. The van der Waals surface area contributed by atoms with E-state index in [0.29, 0.717) is 18.3 Å². The molecule has 20 heavy (non-hydrogen) atoms. The van der Waals surface area contributed by atoms with Crippen molar-refractivity contribution in [2.24, 2.45) is 0 Å². The second-order valence-electron chi connectivity index (χ2n) is 4.98. The first kappa shape index (κ1) is 15.0. The van der Waals surface area contributed by atoms with E-state index in [1.54, 1.807) is 12.3 Å². The van der Waals surface area contributed by atoms with Crippen LogP contribution < -0.4 is 4.90 Å². The SMILES string of the molecule is CC[C@H](C(=O)OC)N(c1ccnc(Cl)n1)C1CCCC1. The fraction of sp³-hybridized carbons (Fsp3) is 0.643. The zero-order valence-corrected chi connectivity index (χ0v) is 12.6. The summed E-state index contributed by atoms with van der Waals surface area (Å²) in [6, 6.07) is 1.79. The molecule has 0 bridgehead atoms. The van der Waals surface area contributed by atoms with Crippen molar-refractivity contribution in [1.82, 2.24) is 9.97 Å². The maximum atomic E-state index is 12.1. The van der Waals surface area contributed by atoms with E-state index in [4.69, 9.17) is 16.3 Å². The lowest BCUT2D eigenvalue weighted by molar-refractivity contribution is -0.142. The van der Waals surface area contributed by atoms with Gasteiger partial charge in [-0.2, -0.15) is 0 Å². The Bertz CT molecular complexity index is 463. The van der Waals surface area contributed by atoms with Gasteiger partial charge in [0.15, 0.2) is 0 Å². The summed E-state index contributed by atoms with van der Waals surface area (Å²) in [4.78, 5) is 22.3. The number of anilines is 1. The molecule has 1 heterocycles. The van der Waals surface area contributed by atoms with E-state index < -0.39 is 0 Å². The zero-order valence-electron chi connectivity index (χ0n) is 11.9. The molecule has 0 radical (unpaired) electrons. The van der Waals surface area contributed by atoms with Crippen molar-refractivity contribution < 1.29 is 9.53 Å².